The minimum atomic E-state index is -0.792. The summed E-state index contributed by atoms with van der Waals surface area (Å²) >= 11 is 14.0. The monoisotopic (exact) mass is 622 g/mol. The molecule has 1 aliphatic heterocycles. The quantitative estimate of drug-likeness (QED) is 0.165. The maximum absolute atomic E-state index is 10.2. The Labute approximate surface area is 245 Å². The third-order valence-electron chi connectivity index (χ3n) is 4.64. The molecule has 216 valence electrons. The first-order chi connectivity index (χ1) is 17.9. The predicted octanol–water partition coefficient (Wildman–Crippen LogP) is 5.55. The van der Waals surface area contributed by atoms with Gasteiger partial charge in [0.2, 0.25) is 4.38 Å². The van der Waals surface area contributed by atoms with Gasteiger partial charge in [-0.05, 0) is 61.8 Å². The lowest BCUT2D eigenvalue weighted by Crippen LogP contribution is -2.25. The zero-order chi connectivity index (χ0) is 28.8. The average molecular weight is 624 g/mol. The van der Waals surface area contributed by atoms with Gasteiger partial charge in [-0.25, -0.2) is 20.2 Å². The molecule has 1 aliphatic rings. The standard InChI is InChI=1S/C10H10ClN3O3.C9H12ClNO.C3H6N2O2S2.CH4/c1-6-9(7-2-4-8(11)5-3-7)17-10(12-6)13-14(15)16;1-6(11)9(12)7-2-4-8(10)5-3-7;1-8-3(9-2)4-5(6)7;/h2-6,9H,1H3,(H,12,13);2-6,9,12H,11H2,1H3;1-2H3;1H4. The Morgan fingerprint density at radius 1 is 1.05 bits per heavy atom. The molecule has 3 rings (SSSR count). The van der Waals surface area contributed by atoms with Crippen molar-refractivity contribution in [2.24, 2.45) is 15.9 Å². The number of nitrogens with one attached hydrogen (secondary N) is 1. The number of hydrogen-bond donors (Lipinski definition) is 3. The number of amidine groups is 1. The van der Waals surface area contributed by atoms with Gasteiger partial charge in [0.1, 0.15) is 11.2 Å². The van der Waals surface area contributed by atoms with Crippen LogP contribution in [0, 0.1) is 20.2 Å². The highest BCUT2D eigenvalue weighted by atomic mass is 35.5. The zero-order valence-electron chi connectivity index (χ0n) is 20.9. The first-order valence-corrected chi connectivity index (χ1v) is 14.0. The van der Waals surface area contributed by atoms with Gasteiger partial charge in [0.15, 0.2) is 10.1 Å². The number of ether oxygens (including phenoxy) is 1. The summed E-state index contributed by atoms with van der Waals surface area (Å²) < 4.78 is 5.84. The molecule has 4 unspecified atom stereocenters. The Morgan fingerprint density at radius 2 is 1.54 bits per heavy atom. The van der Waals surface area contributed by atoms with Crippen molar-refractivity contribution in [1.82, 2.24) is 5.32 Å². The lowest BCUT2D eigenvalue weighted by Gasteiger charge is -2.14. The maximum Gasteiger partial charge on any atom is 0.360 e. The third-order valence-corrected chi connectivity index (χ3v) is 7.00. The molecule has 0 bridgehead atoms. The second kappa shape index (κ2) is 18.6. The number of nitrogens with two attached hydrogens (primary N) is 1. The molecule has 1 saturated heterocycles. The van der Waals surface area contributed by atoms with Gasteiger partial charge < -0.3 is 20.9 Å². The molecule has 0 aliphatic carbocycles. The lowest BCUT2D eigenvalue weighted by atomic mass is 10.0. The van der Waals surface area contributed by atoms with E-state index in [1.165, 1.54) is 23.5 Å². The van der Waals surface area contributed by atoms with E-state index < -0.39 is 16.2 Å². The molecule has 1 fully saturated rings. The van der Waals surface area contributed by atoms with Crippen LogP contribution in [0.3, 0.4) is 0 Å². The molecule has 12 nitrogen and oxygen atoms in total. The number of hydrazone groups is 2. The number of thioether (sulfide) groups is 2. The van der Waals surface area contributed by atoms with Crippen LogP contribution in [-0.4, -0.2) is 50.2 Å². The van der Waals surface area contributed by atoms with Gasteiger partial charge in [-0.3, -0.25) is 0 Å². The molecule has 0 amide bonds. The number of nitrogens with zero attached hydrogens (tertiary/aromatic N) is 4. The number of aliphatic hydroxyl groups excluding tert-OH is 1. The minimum absolute atomic E-state index is 0. The Kier molecular flexibility index (Phi) is 17.4. The van der Waals surface area contributed by atoms with E-state index >= 15 is 0 Å². The van der Waals surface area contributed by atoms with Crippen LogP contribution in [0.25, 0.3) is 0 Å². The molecule has 2 aromatic carbocycles. The van der Waals surface area contributed by atoms with Crippen LogP contribution in [0.4, 0.5) is 0 Å². The van der Waals surface area contributed by atoms with Crippen molar-refractivity contribution in [2.75, 3.05) is 12.5 Å². The Morgan fingerprint density at radius 3 is 1.92 bits per heavy atom. The smallest absolute Gasteiger partial charge is 0.360 e. The van der Waals surface area contributed by atoms with E-state index in [4.69, 9.17) is 33.7 Å². The number of aliphatic hydroxyl groups is 1. The van der Waals surface area contributed by atoms with Gasteiger partial charge in [-0.1, -0.05) is 78.4 Å². The second-order valence-corrected chi connectivity index (χ2v) is 10.3. The molecule has 2 aromatic rings. The Hall–Kier alpha value is -2.62. The summed E-state index contributed by atoms with van der Waals surface area (Å²) in [6.45, 7) is 3.63. The fourth-order valence-electron chi connectivity index (χ4n) is 2.86. The molecule has 1 heterocycles. The summed E-state index contributed by atoms with van der Waals surface area (Å²) in [4.78, 5) is 19.9. The molecular weight excluding hydrogens is 591 g/mol. The maximum atomic E-state index is 10.2. The fraction of sp³-hybridized carbons (Fsp3) is 0.391. The normalized spacial score (nSPS) is 17.9. The Bertz CT molecular complexity index is 1100. The molecule has 4 N–H and O–H groups in total. The average Bonchev–Trinajstić information content (AvgIpc) is 3.22. The van der Waals surface area contributed by atoms with Gasteiger partial charge >= 0.3 is 6.02 Å². The van der Waals surface area contributed by atoms with Crippen LogP contribution in [0.2, 0.25) is 10.0 Å². The van der Waals surface area contributed by atoms with Gasteiger partial charge in [0, 0.05) is 16.1 Å². The van der Waals surface area contributed by atoms with E-state index in [1.54, 1.807) is 55.8 Å². The van der Waals surface area contributed by atoms with Crippen molar-refractivity contribution in [3.63, 3.8) is 0 Å². The van der Waals surface area contributed by atoms with E-state index in [9.17, 15) is 25.3 Å². The molecular formula is C23H32Cl2N6O6S2. The first-order valence-electron chi connectivity index (χ1n) is 10.8. The van der Waals surface area contributed by atoms with Crippen LogP contribution < -0.4 is 11.1 Å². The van der Waals surface area contributed by atoms with Crippen molar-refractivity contribution in [2.45, 2.75) is 45.6 Å². The van der Waals surface area contributed by atoms with Crippen molar-refractivity contribution in [1.29, 1.82) is 0 Å². The zero-order valence-corrected chi connectivity index (χ0v) is 24.0. The van der Waals surface area contributed by atoms with Crippen LogP contribution in [0.15, 0.2) is 58.7 Å². The van der Waals surface area contributed by atoms with E-state index in [0.29, 0.717) is 14.4 Å². The van der Waals surface area contributed by atoms with Crippen LogP contribution in [0.5, 0.6) is 0 Å². The van der Waals surface area contributed by atoms with E-state index in [-0.39, 0.29) is 31.6 Å². The summed E-state index contributed by atoms with van der Waals surface area (Å²) in [5.41, 5.74) is 7.22. The number of hydrogen-bond acceptors (Lipinski definition) is 9. The van der Waals surface area contributed by atoms with E-state index in [2.05, 4.69) is 15.5 Å². The highest BCUT2D eigenvalue weighted by Crippen LogP contribution is 2.27. The van der Waals surface area contributed by atoms with Gasteiger partial charge in [0.05, 0.1) is 17.2 Å². The number of benzene rings is 2. The summed E-state index contributed by atoms with van der Waals surface area (Å²) in [6.07, 6.45) is 2.59. The minimum Gasteiger partial charge on any atom is -0.451 e. The predicted molar refractivity (Wildman–Crippen MR) is 161 cm³/mol. The van der Waals surface area contributed by atoms with Gasteiger partial charge in [0.25, 0.3) is 0 Å². The van der Waals surface area contributed by atoms with Gasteiger partial charge in [-0.15, -0.1) is 0 Å². The first kappa shape index (κ1) is 36.4. The summed E-state index contributed by atoms with van der Waals surface area (Å²) in [7, 11) is 0. The van der Waals surface area contributed by atoms with Crippen LogP contribution >= 0.6 is 46.7 Å². The topological polar surface area (TPSA) is 179 Å². The SMILES string of the molecule is C.CC(N)C(O)c1ccc(Cl)cc1.CC1N/C(=N/[N+](=O)[O-])OC1c1ccc(Cl)cc1.CSC(=N[N+](=O)[O-])SC. The third kappa shape index (κ3) is 13.8. The molecule has 0 saturated carbocycles. The molecule has 39 heavy (non-hydrogen) atoms. The van der Waals surface area contributed by atoms with Crippen molar-refractivity contribution in [3.05, 3.63) is 89.9 Å². The molecule has 0 spiro atoms. The number of nitro groups is 2. The largest absolute Gasteiger partial charge is 0.451 e. The highest BCUT2D eigenvalue weighted by molar-refractivity contribution is 8.38. The number of rotatable bonds is 5. The molecule has 0 aromatic heterocycles. The second-order valence-electron chi connectivity index (χ2n) is 7.53. The van der Waals surface area contributed by atoms with Crippen molar-refractivity contribution >= 4 is 57.1 Å². The highest BCUT2D eigenvalue weighted by Gasteiger charge is 2.32. The molecule has 4 atom stereocenters. The van der Waals surface area contributed by atoms with Crippen molar-refractivity contribution in [3.8, 4) is 0 Å². The van der Waals surface area contributed by atoms with Crippen LogP contribution in [0.1, 0.15) is 44.6 Å². The van der Waals surface area contributed by atoms with Crippen molar-refractivity contribution < 1.29 is 19.9 Å². The summed E-state index contributed by atoms with van der Waals surface area (Å²) in [5, 5.41) is 38.3. The fourth-order valence-corrected chi connectivity index (χ4v) is 4.07. The summed E-state index contributed by atoms with van der Waals surface area (Å²) in [6, 6.07) is 13.7. The molecule has 16 heteroatoms. The lowest BCUT2D eigenvalue weighted by molar-refractivity contribution is -0.486. The number of halogens is 2. The van der Waals surface area contributed by atoms with Gasteiger partial charge in [-0.2, -0.15) is 0 Å². The molecule has 0 radical (unpaired) electrons. The van der Waals surface area contributed by atoms with Crippen LogP contribution in [-0.2, 0) is 4.74 Å². The van der Waals surface area contributed by atoms with E-state index in [1.807, 2.05) is 19.1 Å². The van der Waals surface area contributed by atoms with E-state index in [0.717, 1.165) is 11.1 Å². The Balaban J connectivity index is 0.000000581. The summed E-state index contributed by atoms with van der Waals surface area (Å²) in [5.74, 6) is 0.